The molecule has 0 radical (unpaired) electrons. The van der Waals surface area contributed by atoms with Crippen molar-refractivity contribution in [2.75, 3.05) is 23.3 Å². The van der Waals surface area contributed by atoms with Gasteiger partial charge in [-0.2, -0.15) is 0 Å². The average Bonchev–Trinajstić information content (AvgIpc) is 2.54. The Hall–Kier alpha value is -2.54. The normalized spacial score (nSPS) is 20.4. The molecule has 1 N–H and O–H groups in total. The van der Waals surface area contributed by atoms with Crippen molar-refractivity contribution in [3.05, 3.63) is 47.8 Å². The van der Waals surface area contributed by atoms with Crippen molar-refractivity contribution in [2.24, 2.45) is 0 Å². The van der Waals surface area contributed by atoms with Gasteiger partial charge < -0.3 is 15.0 Å². The van der Waals surface area contributed by atoms with Crippen molar-refractivity contribution in [3.63, 3.8) is 0 Å². The minimum absolute atomic E-state index is 0.0441. The second-order valence-corrected chi connectivity index (χ2v) is 6.33. The largest absolute Gasteiger partial charge is 0.372 e. The quantitative estimate of drug-likeness (QED) is 0.927. The Morgan fingerprint density at radius 2 is 1.96 bits per heavy atom. The highest BCUT2D eigenvalue weighted by Crippen LogP contribution is 2.26. The maximum atomic E-state index is 14.5. The second-order valence-electron chi connectivity index (χ2n) is 6.33. The second kappa shape index (κ2) is 7.14. The first kappa shape index (κ1) is 17.3. The fraction of sp³-hybridized carbons (Fsp3) is 0.389. The maximum Gasteiger partial charge on any atom is 0.275 e. The third-order valence-electron chi connectivity index (χ3n) is 3.98. The topological polar surface area (TPSA) is 67.4 Å². The first-order valence-electron chi connectivity index (χ1n) is 8.22. The molecule has 132 valence electrons. The van der Waals surface area contributed by atoms with E-state index in [2.05, 4.69) is 15.3 Å². The molecule has 0 spiro atoms. The molecule has 0 bridgehead atoms. The van der Waals surface area contributed by atoms with E-state index >= 15 is 0 Å². The summed E-state index contributed by atoms with van der Waals surface area (Å²) < 4.78 is 20.2. The van der Waals surface area contributed by atoms with Crippen LogP contribution >= 0.6 is 0 Å². The molecule has 1 aliphatic rings. The SMILES string of the molecule is Cc1cnc(C(=O)Nc2ccc(N3C[C@H](C)O[C@@H](C)C3)c(F)c2)cn1. The molecule has 1 aliphatic heterocycles. The van der Waals surface area contributed by atoms with Gasteiger partial charge in [0, 0.05) is 25.0 Å². The fourth-order valence-corrected chi connectivity index (χ4v) is 2.92. The zero-order valence-electron chi connectivity index (χ0n) is 14.5. The highest BCUT2D eigenvalue weighted by molar-refractivity contribution is 6.02. The Balaban J connectivity index is 1.73. The van der Waals surface area contributed by atoms with Crippen LogP contribution in [0.3, 0.4) is 0 Å². The van der Waals surface area contributed by atoms with Gasteiger partial charge in [0.05, 0.1) is 29.8 Å². The molecule has 1 amide bonds. The number of morpholine rings is 1. The van der Waals surface area contributed by atoms with Crippen LogP contribution in [0.5, 0.6) is 0 Å². The van der Waals surface area contributed by atoms with E-state index in [0.717, 1.165) is 5.69 Å². The average molecular weight is 344 g/mol. The summed E-state index contributed by atoms with van der Waals surface area (Å²) in [6, 6.07) is 4.68. The van der Waals surface area contributed by atoms with Crippen LogP contribution < -0.4 is 10.2 Å². The summed E-state index contributed by atoms with van der Waals surface area (Å²) in [5.74, 6) is -0.803. The molecule has 2 aromatic rings. The number of halogens is 1. The van der Waals surface area contributed by atoms with Crippen molar-refractivity contribution in [1.82, 2.24) is 9.97 Å². The first-order valence-corrected chi connectivity index (χ1v) is 8.22. The predicted molar refractivity (Wildman–Crippen MR) is 93.3 cm³/mol. The van der Waals surface area contributed by atoms with E-state index in [1.807, 2.05) is 18.7 Å². The third-order valence-corrected chi connectivity index (χ3v) is 3.98. The summed E-state index contributed by atoms with van der Waals surface area (Å²) in [4.78, 5) is 22.2. The molecule has 2 heterocycles. The number of carbonyl (C=O) groups excluding carboxylic acids is 1. The van der Waals surface area contributed by atoms with E-state index in [-0.39, 0.29) is 23.7 Å². The molecule has 3 rings (SSSR count). The smallest absolute Gasteiger partial charge is 0.275 e. The van der Waals surface area contributed by atoms with Crippen molar-refractivity contribution in [3.8, 4) is 0 Å². The van der Waals surface area contributed by atoms with Gasteiger partial charge in [0.2, 0.25) is 0 Å². The van der Waals surface area contributed by atoms with Gasteiger partial charge in [-0.3, -0.25) is 9.78 Å². The van der Waals surface area contributed by atoms with Gasteiger partial charge in [0.15, 0.2) is 0 Å². The molecule has 1 aromatic heterocycles. The fourth-order valence-electron chi connectivity index (χ4n) is 2.92. The van der Waals surface area contributed by atoms with Gasteiger partial charge in [-0.25, -0.2) is 9.37 Å². The summed E-state index contributed by atoms with van der Waals surface area (Å²) in [5.41, 5.74) is 1.80. The number of aryl methyl sites for hydroxylation is 1. The summed E-state index contributed by atoms with van der Waals surface area (Å²) in [6.45, 7) is 6.99. The molecule has 0 aliphatic carbocycles. The number of nitrogens with one attached hydrogen (secondary N) is 1. The Morgan fingerprint density at radius 3 is 2.56 bits per heavy atom. The Morgan fingerprint density at radius 1 is 1.24 bits per heavy atom. The van der Waals surface area contributed by atoms with Crippen LogP contribution in [0.1, 0.15) is 30.0 Å². The van der Waals surface area contributed by atoms with Gasteiger partial charge in [-0.15, -0.1) is 0 Å². The lowest BCUT2D eigenvalue weighted by atomic mass is 10.2. The van der Waals surface area contributed by atoms with Crippen LogP contribution in [0, 0.1) is 12.7 Å². The van der Waals surface area contributed by atoms with Gasteiger partial charge in [-0.05, 0) is 39.0 Å². The third kappa shape index (κ3) is 4.11. The van der Waals surface area contributed by atoms with Crippen molar-refractivity contribution in [1.29, 1.82) is 0 Å². The number of amides is 1. The summed E-state index contributed by atoms with van der Waals surface area (Å²) in [5, 5.41) is 2.64. The van der Waals surface area contributed by atoms with E-state index in [1.54, 1.807) is 19.1 Å². The van der Waals surface area contributed by atoms with Crippen LogP contribution in [-0.4, -0.2) is 41.2 Å². The summed E-state index contributed by atoms with van der Waals surface area (Å²) in [7, 11) is 0. The highest BCUT2D eigenvalue weighted by Gasteiger charge is 2.24. The van der Waals surface area contributed by atoms with Gasteiger partial charge in [-0.1, -0.05) is 0 Å². The predicted octanol–water partition coefficient (Wildman–Crippen LogP) is 2.79. The number of ether oxygens (including phenoxy) is 1. The molecule has 7 heteroatoms. The van der Waals surface area contributed by atoms with E-state index < -0.39 is 5.91 Å². The Bertz CT molecular complexity index is 756. The summed E-state index contributed by atoms with van der Waals surface area (Å²) in [6.07, 6.45) is 3.00. The molecule has 25 heavy (non-hydrogen) atoms. The molecule has 0 saturated carbocycles. The number of anilines is 2. The number of hydrogen-bond donors (Lipinski definition) is 1. The molecular weight excluding hydrogens is 323 g/mol. The standard InChI is InChI=1S/C18H21FN4O2/c1-11-7-21-16(8-20-11)18(24)22-14-4-5-17(15(19)6-14)23-9-12(2)25-13(3)10-23/h4-8,12-13H,9-10H2,1-3H3,(H,22,24)/t12-,13-/m0/s1. The van der Waals surface area contributed by atoms with Gasteiger partial charge >= 0.3 is 0 Å². The zero-order valence-corrected chi connectivity index (χ0v) is 14.5. The van der Waals surface area contributed by atoms with E-state index in [4.69, 9.17) is 4.74 Å². The lowest BCUT2D eigenvalue weighted by Gasteiger charge is -2.37. The minimum atomic E-state index is -0.423. The molecule has 1 aromatic carbocycles. The number of benzene rings is 1. The van der Waals surface area contributed by atoms with Crippen LogP contribution in [0.15, 0.2) is 30.6 Å². The van der Waals surface area contributed by atoms with Crippen molar-refractivity contribution >= 4 is 17.3 Å². The molecule has 1 fully saturated rings. The molecule has 1 saturated heterocycles. The number of rotatable bonds is 3. The Kier molecular flexibility index (Phi) is 4.94. The van der Waals surface area contributed by atoms with Crippen LogP contribution in [0.2, 0.25) is 0 Å². The number of aromatic nitrogens is 2. The van der Waals surface area contributed by atoms with Gasteiger partial charge in [0.25, 0.3) is 5.91 Å². The lowest BCUT2D eigenvalue weighted by molar-refractivity contribution is -0.00539. The van der Waals surface area contributed by atoms with Crippen molar-refractivity contribution in [2.45, 2.75) is 33.0 Å². The molecule has 2 atom stereocenters. The van der Waals surface area contributed by atoms with Crippen LogP contribution in [0.4, 0.5) is 15.8 Å². The highest BCUT2D eigenvalue weighted by atomic mass is 19.1. The van der Waals surface area contributed by atoms with Crippen LogP contribution in [0.25, 0.3) is 0 Å². The van der Waals surface area contributed by atoms with Gasteiger partial charge in [0.1, 0.15) is 11.5 Å². The monoisotopic (exact) mass is 344 g/mol. The van der Waals surface area contributed by atoms with Crippen LogP contribution in [-0.2, 0) is 4.74 Å². The van der Waals surface area contributed by atoms with E-state index in [1.165, 1.54) is 18.5 Å². The molecule has 6 nitrogen and oxygen atoms in total. The first-order chi connectivity index (χ1) is 11.9. The molecule has 0 unspecified atom stereocenters. The minimum Gasteiger partial charge on any atom is -0.372 e. The Labute approximate surface area is 146 Å². The van der Waals surface area contributed by atoms with Crippen molar-refractivity contribution < 1.29 is 13.9 Å². The van der Waals surface area contributed by atoms with E-state index in [0.29, 0.717) is 24.5 Å². The number of hydrogen-bond acceptors (Lipinski definition) is 5. The summed E-state index contributed by atoms with van der Waals surface area (Å²) >= 11 is 0. The number of nitrogens with zero attached hydrogens (tertiary/aromatic N) is 3. The molecular formula is C18H21FN4O2. The number of carbonyl (C=O) groups is 1. The lowest BCUT2D eigenvalue weighted by Crippen LogP contribution is -2.45. The maximum absolute atomic E-state index is 14.5. The van der Waals surface area contributed by atoms with E-state index in [9.17, 15) is 9.18 Å². The zero-order chi connectivity index (χ0) is 18.0.